The zero-order valence-electron chi connectivity index (χ0n) is 43.7. The van der Waals surface area contributed by atoms with Crippen LogP contribution in [0.25, 0.3) is 0 Å². The molecule has 0 bridgehead atoms. The number of methoxy groups -OCH3 is 3. The van der Waals surface area contributed by atoms with Gasteiger partial charge in [0.15, 0.2) is 5.78 Å². The van der Waals surface area contributed by atoms with Gasteiger partial charge in [0, 0.05) is 33.0 Å². The van der Waals surface area contributed by atoms with Gasteiger partial charge < -0.3 is 24.4 Å². The molecule has 2 aliphatic heterocycles. The summed E-state index contributed by atoms with van der Waals surface area (Å²) in [6.45, 7) is 13.1. The Balaban J connectivity index is 1.97. The predicted molar refractivity (Wildman–Crippen MR) is 263 cm³/mol. The summed E-state index contributed by atoms with van der Waals surface area (Å²) in [6.07, 6.45) is 14.0. The maximum atomic E-state index is 14.4. The summed E-state index contributed by atoms with van der Waals surface area (Å²) in [5.74, 6) is -3.84. The first-order valence-electron chi connectivity index (χ1n) is 25.5. The van der Waals surface area contributed by atoms with Crippen LogP contribution < -0.4 is 21.6 Å². The van der Waals surface area contributed by atoms with E-state index in [1.807, 2.05) is 65.0 Å². The summed E-state index contributed by atoms with van der Waals surface area (Å²) in [7, 11) is 4.70. The third-order valence-corrected chi connectivity index (χ3v) is 17.3. The number of alkyl halides is 1. The van der Waals surface area contributed by atoms with E-state index in [9.17, 15) is 39.3 Å². The van der Waals surface area contributed by atoms with Crippen molar-refractivity contribution in [3.63, 3.8) is 0 Å². The standard InChI is InChI=1S/C54H87INO14/c1-34-16-12-11-13-17-36(3)47(65-8)31-42(68-33-58)21-19-35(2)27-46(60)53(63)56-23-15-14-18-44(56)54(64)70-48(38(5)29-41-20-22-43(49(30-41)66-9)55-69-25-24-57)32-45(59)37(4)28-40(7)51(62)52(67-10)50(61)39(6)26-34/h11-13,16-17,28,34-35,37-39,41-44,47-49,51-52,57-58,62H,14-15,18-27,29-33H2,1-10H3/q-1/b13-11+,16-12+,36-17+,40-28+/t34-,35-,37-,38-,39-,41+,42+,43-,44?,47+,48+,49-,51-,52+/m1/s1. The first-order valence-corrected chi connectivity index (χ1v) is 27.7. The Morgan fingerprint density at radius 3 is 2.26 bits per heavy atom. The van der Waals surface area contributed by atoms with Crippen LogP contribution in [0.5, 0.6) is 0 Å². The van der Waals surface area contributed by atoms with Gasteiger partial charge in [-0.1, -0.05) is 51.2 Å². The summed E-state index contributed by atoms with van der Waals surface area (Å²) < 4.78 is 35.4. The average Bonchev–Trinajstić information content (AvgIpc) is 3.34. The summed E-state index contributed by atoms with van der Waals surface area (Å²) in [5, 5.41) is 30.5. The number of cyclic esters (lactones) is 1. The van der Waals surface area contributed by atoms with Crippen LogP contribution in [-0.4, -0.2) is 144 Å². The fraction of sp³-hybridized carbons (Fsp3) is 0.759. The molecule has 0 aromatic rings. The van der Waals surface area contributed by atoms with Crippen LogP contribution in [0, 0.1) is 35.5 Å². The van der Waals surface area contributed by atoms with E-state index in [1.54, 1.807) is 34.1 Å². The predicted octanol–water partition coefficient (Wildman–Crippen LogP) is 3.84. The van der Waals surface area contributed by atoms with Crippen LogP contribution in [0.3, 0.4) is 0 Å². The van der Waals surface area contributed by atoms with Crippen molar-refractivity contribution in [3.05, 3.63) is 47.6 Å². The summed E-state index contributed by atoms with van der Waals surface area (Å²) in [6, 6.07) is -0.995. The minimum atomic E-state index is -1.31. The first kappa shape index (κ1) is 61.6. The number of Topliss-reactive ketones (excluding diaryl/α,β-unsaturated/α-hetero) is 3. The van der Waals surface area contributed by atoms with E-state index in [2.05, 4.69) is 0 Å². The second-order valence-electron chi connectivity index (χ2n) is 20.1. The van der Waals surface area contributed by atoms with Gasteiger partial charge in [0.2, 0.25) is 5.78 Å². The minimum absolute atomic E-state index is 0.0188. The second kappa shape index (κ2) is 32.5. The molecule has 1 unspecified atom stereocenters. The molecule has 14 atom stereocenters. The molecule has 70 heavy (non-hydrogen) atoms. The molecule has 0 radical (unpaired) electrons. The van der Waals surface area contributed by atoms with Crippen LogP contribution in [0.2, 0.25) is 0 Å². The number of aliphatic hydroxyl groups excluding tert-OH is 3. The topological polar surface area (TPSA) is 205 Å². The van der Waals surface area contributed by atoms with Gasteiger partial charge in [0.25, 0.3) is 0 Å². The molecule has 16 heteroatoms. The number of fused-ring (bicyclic) bond motifs is 1. The minimum Gasteiger partial charge on any atom is -0.386 e. The number of rotatable bonds is 12. The Morgan fingerprint density at radius 2 is 1.59 bits per heavy atom. The van der Waals surface area contributed by atoms with Gasteiger partial charge >= 0.3 is 209 Å². The Bertz CT molecular complexity index is 1770. The molecular weight excluding hydrogens is 1010 g/mol. The monoisotopic (exact) mass is 1100 g/mol. The molecular formula is C54H87INO14-. The zero-order valence-corrected chi connectivity index (χ0v) is 45.9. The number of nitrogens with zero attached hydrogens (tertiary/aromatic N) is 1. The van der Waals surface area contributed by atoms with Crippen molar-refractivity contribution < 1.29 is 87.7 Å². The van der Waals surface area contributed by atoms with Crippen molar-refractivity contribution in [1.82, 2.24) is 4.90 Å². The van der Waals surface area contributed by atoms with Crippen LogP contribution in [0.1, 0.15) is 132 Å². The Morgan fingerprint density at radius 1 is 0.843 bits per heavy atom. The summed E-state index contributed by atoms with van der Waals surface area (Å²) in [5.41, 5.74) is 1.35. The number of ketones is 3. The Kier molecular flexibility index (Phi) is 28.6. The van der Waals surface area contributed by atoms with E-state index in [1.165, 1.54) is 12.0 Å². The zero-order chi connectivity index (χ0) is 51.9. The number of allylic oxidation sites excluding steroid dienone is 6. The van der Waals surface area contributed by atoms with Gasteiger partial charge in [-0.3, -0.25) is 14.4 Å². The molecule has 1 aliphatic carbocycles. The Labute approximate surface area is 429 Å². The van der Waals surface area contributed by atoms with Crippen molar-refractivity contribution >= 4 is 29.2 Å². The van der Waals surface area contributed by atoms with Crippen molar-refractivity contribution in [1.29, 1.82) is 0 Å². The number of halogens is 1. The van der Waals surface area contributed by atoms with E-state index in [0.717, 1.165) is 24.8 Å². The Hall–Kier alpha value is -2.68. The average molecular weight is 1100 g/mol. The van der Waals surface area contributed by atoms with E-state index in [0.29, 0.717) is 63.5 Å². The van der Waals surface area contributed by atoms with E-state index < -0.39 is 82.3 Å². The SMILES string of the molecule is CO[C@H]1C[C@@H](OCO)CC[C@@H](C)CC(=O)C(=O)N2CCCCC2C(=O)O[C@H]([C@H](C)C[C@@H]2CC[C@@H]([I-]OCCO)[C@H](OC)C2)CC(=O)[C@H](C)/C=C(\C)[C@@H](O)[C@@H](OC)C(=O)[C@H](C)C[C@H](C)/C=C/C=C/C=C/1C. The number of aliphatic hydroxyl groups is 3. The van der Waals surface area contributed by atoms with Gasteiger partial charge in [-0.2, -0.15) is 0 Å². The molecule has 0 aromatic heterocycles. The number of amides is 1. The van der Waals surface area contributed by atoms with Crippen molar-refractivity contribution in [3.8, 4) is 0 Å². The van der Waals surface area contributed by atoms with Crippen LogP contribution in [-0.2, 0) is 50.7 Å². The molecule has 15 nitrogen and oxygen atoms in total. The van der Waals surface area contributed by atoms with Crippen LogP contribution in [0.4, 0.5) is 0 Å². The number of carbonyl (C=O) groups is 5. The van der Waals surface area contributed by atoms with E-state index in [-0.39, 0.29) is 83.5 Å². The third kappa shape index (κ3) is 20.0. The van der Waals surface area contributed by atoms with E-state index >= 15 is 0 Å². The van der Waals surface area contributed by atoms with Crippen molar-refractivity contribution in [2.24, 2.45) is 35.5 Å². The van der Waals surface area contributed by atoms with Gasteiger partial charge in [0.05, 0.1) is 12.2 Å². The van der Waals surface area contributed by atoms with Crippen LogP contribution >= 0.6 is 0 Å². The second-order valence-corrected chi connectivity index (χ2v) is 22.9. The van der Waals surface area contributed by atoms with E-state index in [4.69, 9.17) is 26.8 Å². The summed E-state index contributed by atoms with van der Waals surface area (Å²) >= 11 is -0.634. The molecule has 0 spiro atoms. The van der Waals surface area contributed by atoms with Gasteiger partial charge in [-0.15, -0.1) is 0 Å². The van der Waals surface area contributed by atoms with Gasteiger partial charge in [-0.25, -0.2) is 0 Å². The number of carbonyl (C=O) groups excluding carboxylic acids is 5. The molecule has 3 N–H and O–H groups in total. The quantitative estimate of drug-likeness (QED) is 0.0484. The van der Waals surface area contributed by atoms with Crippen molar-refractivity contribution in [2.45, 2.75) is 179 Å². The molecule has 3 aliphatic rings. The number of piperidine rings is 1. The molecule has 0 aromatic carbocycles. The van der Waals surface area contributed by atoms with Gasteiger partial charge in [-0.05, 0) is 56.9 Å². The maximum absolute atomic E-state index is 14.4. The number of hydrogen-bond acceptors (Lipinski definition) is 14. The molecule has 2 fully saturated rings. The third-order valence-electron chi connectivity index (χ3n) is 14.4. The number of hydrogen-bond donors (Lipinski definition) is 3. The van der Waals surface area contributed by atoms with Crippen molar-refractivity contribution in [2.75, 3.05) is 47.9 Å². The molecule has 1 saturated heterocycles. The number of esters is 1. The smallest absolute Gasteiger partial charge is 0.386 e. The van der Waals surface area contributed by atoms with Gasteiger partial charge in [0.1, 0.15) is 19.0 Å². The van der Waals surface area contributed by atoms with Crippen LogP contribution in [0.15, 0.2) is 47.6 Å². The molecule has 2 heterocycles. The fourth-order valence-corrected chi connectivity index (χ4v) is 12.5. The normalized spacial score (nSPS) is 35.9. The first-order chi connectivity index (χ1) is 33.4. The molecule has 3 rings (SSSR count). The molecule has 400 valence electrons. The molecule has 1 amide bonds. The summed E-state index contributed by atoms with van der Waals surface area (Å²) in [4.78, 5) is 71.3. The number of ether oxygens (including phenoxy) is 5. The fourth-order valence-electron chi connectivity index (χ4n) is 10.1. The molecule has 1 saturated carbocycles.